The van der Waals surface area contributed by atoms with Crippen LogP contribution in [0.1, 0.15) is 26.3 Å². The van der Waals surface area contributed by atoms with Crippen LogP contribution in [-0.2, 0) is 0 Å². The SMILES string of the molecule is C=C(/C=C\N=CC)c1ccccc1.CC. The van der Waals surface area contributed by atoms with Gasteiger partial charge >= 0.3 is 0 Å². The molecule has 15 heavy (non-hydrogen) atoms. The third kappa shape index (κ3) is 5.63. The monoisotopic (exact) mass is 201 g/mol. The highest BCUT2D eigenvalue weighted by molar-refractivity contribution is 5.72. The van der Waals surface area contributed by atoms with E-state index in [4.69, 9.17) is 0 Å². The molecule has 0 N–H and O–H groups in total. The Labute approximate surface area is 92.9 Å². The molecule has 0 spiro atoms. The van der Waals surface area contributed by atoms with Crippen LogP contribution in [0.25, 0.3) is 5.57 Å². The second-order valence-corrected chi connectivity index (χ2v) is 2.61. The normalized spacial score (nSPS) is 10.1. The molecule has 1 rings (SSSR count). The molecule has 0 amide bonds. The molecule has 0 unspecified atom stereocenters. The summed E-state index contributed by atoms with van der Waals surface area (Å²) in [6, 6.07) is 10.0. The first kappa shape index (κ1) is 13.4. The van der Waals surface area contributed by atoms with Crippen molar-refractivity contribution in [1.82, 2.24) is 0 Å². The van der Waals surface area contributed by atoms with Crippen LogP contribution < -0.4 is 0 Å². The second kappa shape index (κ2) is 8.95. The molecule has 0 heterocycles. The molecule has 0 bridgehead atoms. The maximum atomic E-state index is 3.97. The smallest absolute Gasteiger partial charge is 0.0269 e. The predicted molar refractivity (Wildman–Crippen MR) is 70.1 cm³/mol. The Morgan fingerprint density at radius 3 is 2.33 bits per heavy atom. The molecule has 0 aliphatic rings. The molecule has 0 saturated carbocycles. The van der Waals surface area contributed by atoms with Gasteiger partial charge in [-0.25, -0.2) is 0 Å². The minimum atomic E-state index is 0.978. The molecular weight excluding hydrogens is 182 g/mol. The third-order valence-corrected chi connectivity index (χ3v) is 1.66. The van der Waals surface area contributed by atoms with E-state index in [1.807, 2.05) is 57.2 Å². The zero-order valence-corrected chi connectivity index (χ0v) is 9.77. The van der Waals surface area contributed by atoms with Crippen LogP contribution in [0.15, 0.2) is 54.2 Å². The number of aliphatic imine (C=N–C) groups is 1. The molecule has 0 atom stereocenters. The van der Waals surface area contributed by atoms with Gasteiger partial charge in [-0.1, -0.05) is 50.8 Å². The highest BCUT2D eigenvalue weighted by Crippen LogP contribution is 2.12. The van der Waals surface area contributed by atoms with Crippen LogP contribution >= 0.6 is 0 Å². The van der Waals surface area contributed by atoms with Crippen molar-refractivity contribution in [3.05, 3.63) is 54.8 Å². The van der Waals surface area contributed by atoms with Crippen LogP contribution in [-0.4, -0.2) is 6.21 Å². The van der Waals surface area contributed by atoms with Crippen molar-refractivity contribution in [1.29, 1.82) is 0 Å². The molecule has 0 aliphatic heterocycles. The van der Waals surface area contributed by atoms with Crippen molar-refractivity contribution >= 4 is 11.8 Å². The van der Waals surface area contributed by atoms with Crippen LogP contribution in [0.2, 0.25) is 0 Å². The maximum absolute atomic E-state index is 3.97. The molecular formula is C14H19N. The summed E-state index contributed by atoms with van der Waals surface area (Å²) in [5, 5.41) is 0. The Kier molecular flexibility index (Phi) is 7.97. The number of nitrogens with zero attached hydrogens (tertiary/aromatic N) is 1. The van der Waals surface area contributed by atoms with E-state index in [0.717, 1.165) is 11.1 Å². The van der Waals surface area contributed by atoms with E-state index in [0.29, 0.717) is 0 Å². The summed E-state index contributed by atoms with van der Waals surface area (Å²) in [6.45, 7) is 9.82. The Balaban J connectivity index is 0.000000921. The van der Waals surface area contributed by atoms with E-state index in [9.17, 15) is 0 Å². The summed E-state index contributed by atoms with van der Waals surface area (Å²) in [5.41, 5.74) is 2.11. The fraction of sp³-hybridized carbons (Fsp3) is 0.214. The van der Waals surface area contributed by atoms with E-state index in [2.05, 4.69) is 11.6 Å². The van der Waals surface area contributed by atoms with Crippen molar-refractivity contribution in [3.8, 4) is 0 Å². The van der Waals surface area contributed by atoms with Gasteiger partial charge in [-0.2, -0.15) is 0 Å². The van der Waals surface area contributed by atoms with E-state index < -0.39 is 0 Å². The lowest BCUT2D eigenvalue weighted by atomic mass is 10.1. The second-order valence-electron chi connectivity index (χ2n) is 2.61. The molecule has 0 fully saturated rings. The van der Waals surface area contributed by atoms with Gasteiger partial charge in [-0.3, -0.25) is 4.99 Å². The Morgan fingerprint density at radius 2 is 1.80 bits per heavy atom. The van der Waals surface area contributed by atoms with Gasteiger partial charge in [0.2, 0.25) is 0 Å². The molecule has 1 heteroatoms. The highest BCUT2D eigenvalue weighted by Gasteiger charge is 1.90. The Morgan fingerprint density at radius 1 is 1.20 bits per heavy atom. The van der Waals surface area contributed by atoms with Gasteiger partial charge in [-0.15, -0.1) is 0 Å². The molecule has 0 radical (unpaired) electrons. The van der Waals surface area contributed by atoms with E-state index in [1.165, 1.54) is 0 Å². The lowest BCUT2D eigenvalue weighted by molar-refractivity contribution is 1.50. The lowest BCUT2D eigenvalue weighted by Crippen LogP contribution is -1.76. The van der Waals surface area contributed by atoms with E-state index in [1.54, 1.807) is 12.4 Å². The molecule has 0 saturated heterocycles. The topological polar surface area (TPSA) is 12.4 Å². The van der Waals surface area contributed by atoms with Crippen LogP contribution in [0.5, 0.6) is 0 Å². The molecule has 1 nitrogen and oxygen atoms in total. The first-order valence-corrected chi connectivity index (χ1v) is 5.23. The third-order valence-electron chi connectivity index (χ3n) is 1.66. The zero-order chi connectivity index (χ0) is 11.5. The number of hydrogen-bond donors (Lipinski definition) is 0. The molecule has 1 aromatic rings. The lowest BCUT2D eigenvalue weighted by Gasteiger charge is -1.97. The average molecular weight is 201 g/mol. The van der Waals surface area contributed by atoms with Crippen molar-refractivity contribution < 1.29 is 0 Å². The fourth-order valence-corrected chi connectivity index (χ4v) is 0.968. The van der Waals surface area contributed by atoms with Gasteiger partial charge < -0.3 is 0 Å². The number of rotatable bonds is 3. The first-order valence-electron chi connectivity index (χ1n) is 5.23. The number of hydrogen-bond acceptors (Lipinski definition) is 1. The van der Waals surface area contributed by atoms with Crippen LogP contribution in [0, 0.1) is 0 Å². The van der Waals surface area contributed by atoms with Crippen molar-refractivity contribution in [2.45, 2.75) is 20.8 Å². The van der Waals surface area contributed by atoms with Gasteiger partial charge in [-0.05, 0) is 24.1 Å². The standard InChI is InChI=1S/C12H13N.C2H6/c1-3-13-10-9-11(2)12-7-5-4-6-8-12;1-2/h3-10H,2H2,1H3;1-2H3/b10-9-,13-3?;. The maximum Gasteiger partial charge on any atom is 0.0269 e. The van der Waals surface area contributed by atoms with Gasteiger partial charge in [0.1, 0.15) is 0 Å². The molecule has 1 aromatic carbocycles. The fourth-order valence-electron chi connectivity index (χ4n) is 0.968. The van der Waals surface area contributed by atoms with Gasteiger partial charge in [0.05, 0.1) is 0 Å². The summed E-state index contributed by atoms with van der Waals surface area (Å²) in [7, 11) is 0. The summed E-state index contributed by atoms with van der Waals surface area (Å²) in [4.78, 5) is 3.97. The van der Waals surface area contributed by atoms with Crippen molar-refractivity contribution in [3.63, 3.8) is 0 Å². The zero-order valence-electron chi connectivity index (χ0n) is 9.77. The largest absolute Gasteiger partial charge is 0.269 e. The van der Waals surface area contributed by atoms with Gasteiger partial charge in [0, 0.05) is 12.4 Å². The molecule has 0 aliphatic carbocycles. The summed E-state index contributed by atoms with van der Waals surface area (Å²) >= 11 is 0. The quantitative estimate of drug-likeness (QED) is 0.510. The van der Waals surface area contributed by atoms with Gasteiger partial charge in [0.15, 0.2) is 0 Å². The average Bonchev–Trinajstić information content (AvgIpc) is 2.33. The minimum Gasteiger partial charge on any atom is -0.269 e. The van der Waals surface area contributed by atoms with Crippen LogP contribution in [0.3, 0.4) is 0 Å². The number of benzene rings is 1. The van der Waals surface area contributed by atoms with E-state index >= 15 is 0 Å². The van der Waals surface area contributed by atoms with Gasteiger partial charge in [0.25, 0.3) is 0 Å². The van der Waals surface area contributed by atoms with Crippen LogP contribution in [0.4, 0.5) is 0 Å². The summed E-state index contributed by atoms with van der Waals surface area (Å²) in [6.07, 6.45) is 5.39. The molecule has 80 valence electrons. The number of allylic oxidation sites excluding steroid dienone is 2. The highest BCUT2D eigenvalue weighted by atomic mass is 14.6. The summed E-state index contributed by atoms with van der Waals surface area (Å²) in [5.74, 6) is 0. The first-order chi connectivity index (χ1) is 7.34. The Bertz CT molecular complexity index is 320. The van der Waals surface area contributed by atoms with Crippen molar-refractivity contribution in [2.24, 2.45) is 4.99 Å². The Hall–Kier alpha value is -1.63. The molecule has 0 aromatic heterocycles. The summed E-state index contributed by atoms with van der Waals surface area (Å²) < 4.78 is 0. The predicted octanol–water partition coefficient (Wildman–Crippen LogP) is 4.33. The van der Waals surface area contributed by atoms with Crippen molar-refractivity contribution in [2.75, 3.05) is 0 Å². The van der Waals surface area contributed by atoms with E-state index in [-0.39, 0.29) is 0 Å². The minimum absolute atomic E-state index is 0.978.